The molecule has 0 bridgehead atoms. The summed E-state index contributed by atoms with van der Waals surface area (Å²) >= 11 is 0. The molecule has 2 saturated carbocycles. The maximum Gasteiger partial charge on any atom is 0.220 e. The van der Waals surface area contributed by atoms with Crippen molar-refractivity contribution in [1.29, 1.82) is 0 Å². The molecule has 3 N–H and O–H groups in total. The zero-order chi connectivity index (χ0) is 15.3. The standard InChI is InChI=1S/C17H33N3O/c1-20(2)15-8-6-7-14(11-15)19-16(21)12-17(13-18)9-4-3-5-10-17/h14-15H,3-13,18H2,1-2H3,(H,19,21). The number of amides is 1. The first-order chi connectivity index (χ1) is 10.0. The van der Waals surface area contributed by atoms with Crippen molar-refractivity contribution in [3.8, 4) is 0 Å². The Kier molecular flexibility index (Phi) is 6.06. The number of rotatable bonds is 5. The van der Waals surface area contributed by atoms with Crippen molar-refractivity contribution >= 4 is 5.91 Å². The minimum Gasteiger partial charge on any atom is -0.353 e. The van der Waals surface area contributed by atoms with Gasteiger partial charge in [0.2, 0.25) is 5.91 Å². The molecule has 21 heavy (non-hydrogen) atoms. The van der Waals surface area contributed by atoms with Crippen LogP contribution in [0.3, 0.4) is 0 Å². The highest BCUT2D eigenvalue weighted by Crippen LogP contribution is 2.38. The second-order valence-electron chi connectivity index (χ2n) is 7.49. The Hall–Kier alpha value is -0.610. The Morgan fingerprint density at radius 1 is 1.19 bits per heavy atom. The Morgan fingerprint density at radius 2 is 1.90 bits per heavy atom. The van der Waals surface area contributed by atoms with Crippen LogP contribution in [0.5, 0.6) is 0 Å². The van der Waals surface area contributed by atoms with E-state index in [-0.39, 0.29) is 11.3 Å². The number of hydrogen-bond acceptors (Lipinski definition) is 3. The lowest BCUT2D eigenvalue weighted by molar-refractivity contribution is -0.124. The van der Waals surface area contributed by atoms with Crippen LogP contribution in [0.4, 0.5) is 0 Å². The van der Waals surface area contributed by atoms with Gasteiger partial charge in [0.25, 0.3) is 0 Å². The first-order valence-corrected chi connectivity index (χ1v) is 8.70. The normalized spacial score (nSPS) is 29.3. The van der Waals surface area contributed by atoms with Crippen LogP contribution in [-0.4, -0.2) is 43.5 Å². The lowest BCUT2D eigenvalue weighted by Gasteiger charge is -2.37. The summed E-state index contributed by atoms with van der Waals surface area (Å²) in [4.78, 5) is 14.7. The van der Waals surface area contributed by atoms with Gasteiger partial charge in [-0.15, -0.1) is 0 Å². The second-order valence-corrected chi connectivity index (χ2v) is 7.49. The van der Waals surface area contributed by atoms with Gasteiger partial charge in [-0.3, -0.25) is 4.79 Å². The van der Waals surface area contributed by atoms with E-state index in [0.717, 1.165) is 25.7 Å². The molecule has 0 aromatic heterocycles. The third-order valence-corrected chi connectivity index (χ3v) is 5.62. The van der Waals surface area contributed by atoms with Crippen LogP contribution in [0.15, 0.2) is 0 Å². The van der Waals surface area contributed by atoms with E-state index in [1.54, 1.807) is 0 Å². The van der Waals surface area contributed by atoms with Crippen LogP contribution in [0.2, 0.25) is 0 Å². The number of nitrogens with zero attached hydrogens (tertiary/aromatic N) is 1. The number of nitrogens with two attached hydrogens (primary N) is 1. The quantitative estimate of drug-likeness (QED) is 0.818. The van der Waals surface area contributed by atoms with E-state index in [0.29, 0.717) is 25.0 Å². The smallest absolute Gasteiger partial charge is 0.220 e. The minimum absolute atomic E-state index is 0.0813. The Morgan fingerprint density at radius 3 is 2.52 bits per heavy atom. The largest absolute Gasteiger partial charge is 0.353 e. The van der Waals surface area contributed by atoms with E-state index >= 15 is 0 Å². The third-order valence-electron chi connectivity index (χ3n) is 5.62. The molecule has 1 amide bonds. The average molecular weight is 295 g/mol. The lowest BCUT2D eigenvalue weighted by atomic mass is 9.71. The van der Waals surface area contributed by atoms with E-state index in [4.69, 9.17) is 5.73 Å². The van der Waals surface area contributed by atoms with E-state index in [2.05, 4.69) is 24.3 Å². The molecule has 2 fully saturated rings. The fourth-order valence-corrected chi connectivity index (χ4v) is 4.14. The SMILES string of the molecule is CN(C)C1CCCC(NC(=O)CC2(CN)CCCCC2)C1. The summed E-state index contributed by atoms with van der Waals surface area (Å²) in [5.41, 5.74) is 6.08. The molecule has 0 aliphatic heterocycles. The molecule has 2 rings (SSSR count). The summed E-state index contributed by atoms with van der Waals surface area (Å²) in [5.74, 6) is 0.228. The van der Waals surface area contributed by atoms with Gasteiger partial charge in [-0.25, -0.2) is 0 Å². The van der Waals surface area contributed by atoms with Crippen LogP contribution in [0.25, 0.3) is 0 Å². The van der Waals surface area contributed by atoms with Crippen LogP contribution in [-0.2, 0) is 4.79 Å². The molecule has 2 aliphatic rings. The van der Waals surface area contributed by atoms with Crippen LogP contribution < -0.4 is 11.1 Å². The molecule has 2 aliphatic carbocycles. The maximum atomic E-state index is 12.4. The molecule has 122 valence electrons. The first kappa shape index (κ1) is 16.8. The molecule has 0 aromatic carbocycles. The number of nitrogens with one attached hydrogen (secondary N) is 1. The van der Waals surface area contributed by atoms with Gasteiger partial charge in [-0.2, -0.15) is 0 Å². The fourth-order valence-electron chi connectivity index (χ4n) is 4.14. The van der Waals surface area contributed by atoms with Crippen molar-refractivity contribution < 1.29 is 4.79 Å². The van der Waals surface area contributed by atoms with Crippen molar-refractivity contribution in [2.45, 2.75) is 76.3 Å². The third kappa shape index (κ3) is 4.68. The second kappa shape index (κ2) is 7.59. The molecule has 2 atom stereocenters. The van der Waals surface area contributed by atoms with Gasteiger partial charge < -0.3 is 16.0 Å². The molecule has 2 unspecified atom stereocenters. The fraction of sp³-hybridized carbons (Fsp3) is 0.941. The summed E-state index contributed by atoms with van der Waals surface area (Å²) in [5, 5.41) is 3.29. The summed E-state index contributed by atoms with van der Waals surface area (Å²) in [6.45, 7) is 0.658. The Labute approximate surface area is 129 Å². The van der Waals surface area contributed by atoms with Crippen molar-refractivity contribution in [3.63, 3.8) is 0 Å². The molecule has 4 heteroatoms. The summed E-state index contributed by atoms with van der Waals surface area (Å²) in [7, 11) is 4.28. The van der Waals surface area contributed by atoms with Crippen molar-refractivity contribution in [3.05, 3.63) is 0 Å². The zero-order valence-electron chi connectivity index (χ0n) is 13.9. The van der Waals surface area contributed by atoms with E-state index in [1.807, 2.05) is 0 Å². The van der Waals surface area contributed by atoms with E-state index in [9.17, 15) is 4.79 Å². The van der Waals surface area contributed by atoms with Gasteiger partial charge in [-0.1, -0.05) is 19.3 Å². The highest BCUT2D eigenvalue weighted by Gasteiger charge is 2.34. The average Bonchev–Trinajstić information content (AvgIpc) is 2.48. The van der Waals surface area contributed by atoms with Gasteiger partial charge in [0.15, 0.2) is 0 Å². The number of carbonyl (C=O) groups is 1. The van der Waals surface area contributed by atoms with Crippen molar-refractivity contribution in [2.24, 2.45) is 11.1 Å². The lowest BCUT2D eigenvalue weighted by Crippen LogP contribution is -2.46. The van der Waals surface area contributed by atoms with Crippen molar-refractivity contribution in [1.82, 2.24) is 10.2 Å². The maximum absolute atomic E-state index is 12.4. The highest BCUT2D eigenvalue weighted by molar-refractivity contribution is 5.77. The van der Waals surface area contributed by atoms with Gasteiger partial charge in [0.1, 0.15) is 0 Å². The molecule has 4 nitrogen and oxygen atoms in total. The molecule has 0 radical (unpaired) electrons. The molecule has 0 aromatic rings. The topological polar surface area (TPSA) is 58.4 Å². The van der Waals surface area contributed by atoms with Crippen LogP contribution in [0, 0.1) is 5.41 Å². The van der Waals surface area contributed by atoms with Crippen molar-refractivity contribution in [2.75, 3.05) is 20.6 Å². The Balaban J connectivity index is 1.83. The zero-order valence-corrected chi connectivity index (χ0v) is 13.9. The molecule has 0 saturated heterocycles. The van der Waals surface area contributed by atoms with E-state index < -0.39 is 0 Å². The van der Waals surface area contributed by atoms with E-state index in [1.165, 1.54) is 32.1 Å². The predicted molar refractivity (Wildman–Crippen MR) is 87.1 cm³/mol. The molecular formula is C17H33N3O. The van der Waals surface area contributed by atoms with Crippen LogP contribution in [0.1, 0.15) is 64.2 Å². The summed E-state index contributed by atoms with van der Waals surface area (Å²) < 4.78 is 0. The van der Waals surface area contributed by atoms with Gasteiger partial charge in [0.05, 0.1) is 0 Å². The molecule has 0 spiro atoms. The van der Waals surface area contributed by atoms with Gasteiger partial charge in [-0.05, 0) is 64.6 Å². The first-order valence-electron chi connectivity index (χ1n) is 8.70. The van der Waals surface area contributed by atoms with Crippen LogP contribution >= 0.6 is 0 Å². The number of carbonyl (C=O) groups excluding carboxylic acids is 1. The highest BCUT2D eigenvalue weighted by atomic mass is 16.1. The van der Waals surface area contributed by atoms with Gasteiger partial charge >= 0.3 is 0 Å². The molecular weight excluding hydrogens is 262 g/mol. The van der Waals surface area contributed by atoms with Gasteiger partial charge in [0, 0.05) is 18.5 Å². The molecule has 0 heterocycles. The predicted octanol–water partition coefficient (Wildman–Crippen LogP) is 2.27. The summed E-state index contributed by atoms with van der Waals surface area (Å²) in [6, 6.07) is 0.972. The monoisotopic (exact) mass is 295 g/mol. The summed E-state index contributed by atoms with van der Waals surface area (Å²) in [6.07, 6.45) is 11.3. The minimum atomic E-state index is 0.0813. The number of hydrogen-bond donors (Lipinski definition) is 2. The Bertz CT molecular complexity index is 337.